The lowest BCUT2D eigenvalue weighted by Gasteiger charge is -2.22. The summed E-state index contributed by atoms with van der Waals surface area (Å²) in [7, 11) is 0. The third kappa shape index (κ3) is 2.66. The molecule has 0 saturated carbocycles. The first-order valence-electron chi connectivity index (χ1n) is 6.26. The molecule has 1 aromatic rings. The van der Waals surface area contributed by atoms with Crippen LogP contribution in [0.25, 0.3) is 0 Å². The molecule has 110 valence electrons. The number of aliphatic hydroxyl groups excluding tert-OH is 1. The summed E-state index contributed by atoms with van der Waals surface area (Å²) in [6.45, 7) is 5.76. The van der Waals surface area contributed by atoms with Crippen molar-refractivity contribution in [3.05, 3.63) is 10.6 Å². The monoisotopic (exact) mass is 299 g/mol. The first-order valence-corrected chi connectivity index (χ1v) is 7.04. The van der Waals surface area contributed by atoms with Crippen LogP contribution in [0.4, 0.5) is 0 Å². The van der Waals surface area contributed by atoms with E-state index in [1.165, 1.54) is 4.90 Å². The van der Waals surface area contributed by atoms with Crippen molar-refractivity contribution in [1.29, 1.82) is 0 Å². The molecule has 1 saturated heterocycles. The highest BCUT2D eigenvalue weighted by Gasteiger charge is 2.41. The van der Waals surface area contributed by atoms with Gasteiger partial charge in [-0.1, -0.05) is 25.3 Å². The Morgan fingerprint density at radius 3 is 2.60 bits per heavy atom. The number of likely N-dealkylation sites (tertiary alicyclic amines) is 1. The fraction of sp³-hybridized carbons (Fsp3) is 0.667. The van der Waals surface area contributed by atoms with Crippen molar-refractivity contribution in [2.24, 2.45) is 0 Å². The summed E-state index contributed by atoms with van der Waals surface area (Å²) in [6, 6.07) is -0.993. The molecule has 2 atom stereocenters. The molecule has 1 amide bonds. The van der Waals surface area contributed by atoms with Crippen molar-refractivity contribution in [3.63, 3.8) is 0 Å². The second-order valence-electron chi connectivity index (χ2n) is 5.90. The molecule has 0 unspecified atom stereocenters. The number of aliphatic carboxylic acids is 1. The molecule has 1 aliphatic heterocycles. The zero-order valence-electron chi connectivity index (χ0n) is 11.5. The topological polar surface area (TPSA) is 104 Å². The van der Waals surface area contributed by atoms with Gasteiger partial charge < -0.3 is 15.1 Å². The van der Waals surface area contributed by atoms with E-state index in [-0.39, 0.29) is 18.4 Å². The Hall–Kier alpha value is -1.54. The predicted molar refractivity (Wildman–Crippen MR) is 71.7 cm³/mol. The number of aliphatic hydroxyl groups is 1. The van der Waals surface area contributed by atoms with Gasteiger partial charge in [0.25, 0.3) is 5.91 Å². The minimum atomic E-state index is -1.11. The third-order valence-corrected chi connectivity index (χ3v) is 3.93. The second kappa shape index (κ2) is 5.10. The van der Waals surface area contributed by atoms with Gasteiger partial charge in [-0.2, -0.15) is 0 Å². The first-order chi connectivity index (χ1) is 9.21. The van der Waals surface area contributed by atoms with Gasteiger partial charge in [-0.25, -0.2) is 4.79 Å². The van der Waals surface area contributed by atoms with Crippen molar-refractivity contribution < 1.29 is 19.8 Å². The van der Waals surface area contributed by atoms with Crippen LogP contribution in [0.2, 0.25) is 0 Å². The SMILES string of the molecule is CC(C)(C)c1nnsc1C(=O)N1C[C@H](O)C[C@@H]1C(=O)O. The molecule has 0 spiro atoms. The predicted octanol–water partition coefficient (Wildman–Crippen LogP) is 0.496. The van der Waals surface area contributed by atoms with Gasteiger partial charge in [0, 0.05) is 18.4 Å². The highest BCUT2D eigenvalue weighted by atomic mass is 32.1. The largest absolute Gasteiger partial charge is 0.480 e. The Bertz CT molecular complexity index is 537. The second-order valence-corrected chi connectivity index (χ2v) is 6.66. The molecule has 0 bridgehead atoms. The maximum absolute atomic E-state index is 12.5. The summed E-state index contributed by atoms with van der Waals surface area (Å²) in [5.41, 5.74) is 0.202. The van der Waals surface area contributed by atoms with Crippen molar-refractivity contribution >= 4 is 23.4 Å². The summed E-state index contributed by atoms with van der Waals surface area (Å²) < 4.78 is 3.80. The summed E-state index contributed by atoms with van der Waals surface area (Å²) >= 11 is 0.959. The van der Waals surface area contributed by atoms with Crippen molar-refractivity contribution in [3.8, 4) is 0 Å². The first kappa shape index (κ1) is 14.9. The lowest BCUT2D eigenvalue weighted by Crippen LogP contribution is -2.41. The molecule has 1 aliphatic rings. The van der Waals surface area contributed by atoms with E-state index in [4.69, 9.17) is 5.11 Å². The highest BCUT2D eigenvalue weighted by Crippen LogP contribution is 2.29. The van der Waals surface area contributed by atoms with Gasteiger partial charge in [0.15, 0.2) is 0 Å². The summed E-state index contributed by atoms with van der Waals surface area (Å²) in [6.07, 6.45) is -0.753. The lowest BCUT2D eigenvalue weighted by molar-refractivity contribution is -0.141. The number of carbonyl (C=O) groups excluding carboxylic acids is 1. The van der Waals surface area contributed by atoms with Gasteiger partial charge in [0.1, 0.15) is 10.9 Å². The Morgan fingerprint density at radius 1 is 1.40 bits per heavy atom. The minimum Gasteiger partial charge on any atom is -0.480 e. The number of β-amino-alcohol motifs (C(OH)–C–C–N with tert-alkyl or cyclic N) is 1. The maximum atomic E-state index is 12.5. The number of carboxylic acids is 1. The van der Waals surface area contributed by atoms with Crippen LogP contribution in [0, 0.1) is 0 Å². The molecular weight excluding hydrogens is 282 g/mol. The summed E-state index contributed by atoms with van der Waals surface area (Å²) in [5.74, 6) is -1.53. The van der Waals surface area contributed by atoms with Crippen LogP contribution in [0.1, 0.15) is 42.6 Å². The van der Waals surface area contributed by atoms with Crippen molar-refractivity contribution in [1.82, 2.24) is 14.5 Å². The quantitative estimate of drug-likeness (QED) is 0.824. The van der Waals surface area contributed by atoms with Crippen LogP contribution in [0.3, 0.4) is 0 Å². The molecule has 2 N–H and O–H groups in total. The lowest BCUT2D eigenvalue weighted by atomic mass is 9.91. The Balaban J connectivity index is 2.32. The van der Waals surface area contributed by atoms with Crippen LogP contribution in [0.5, 0.6) is 0 Å². The smallest absolute Gasteiger partial charge is 0.326 e. The molecule has 0 aliphatic carbocycles. The van der Waals surface area contributed by atoms with Gasteiger partial charge in [0.05, 0.1) is 11.8 Å². The van der Waals surface area contributed by atoms with E-state index in [0.717, 1.165) is 11.5 Å². The van der Waals surface area contributed by atoms with E-state index < -0.39 is 24.0 Å². The zero-order valence-corrected chi connectivity index (χ0v) is 12.3. The van der Waals surface area contributed by atoms with E-state index in [1.54, 1.807) is 0 Å². The van der Waals surface area contributed by atoms with Crippen LogP contribution >= 0.6 is 11.5 Å². The van der Waals surface area contributed by atoms with Crippen molar-refractivity contribution in [2.45, 2.75) is 44.8 Å². The van der Waals surface area contributed by atoms with Crippen LogP contribution in [-0.2, 0) is 10.2 Å². The number of hydrogen-bond donors (Lipinski definition) is 2. The molecule has 8 heteroatoms. The molecule has 2 rings (SSSR count). The Morgan fingerprint density at radius 2 is 2.05 bits per heavy atom. The normalized spacial score (nSPS) is 23.1. The Labute approximate surface area is 120 Å². The van der Waals surface area contributed by atoms with Gasteiger partial charge in [-0.3, -0.25) is 4.79 Å². The number of amides is 1. The number of hydrogen-bond acceptors (Lipinski definition) is 6. The Kier molecular flexibility index (Phi) is 3.79. The number of aromatic nitrogens is 2. The number of nitrogens with zero attached hydrogens (tertiary/aromatic N) is 3. The minimum absolute atomic E-state index is 0.0251. The fourth-order valence-corrected chi connectivity index (χ4v) is 3.06. The number of carboxylic acid groups (broad SMARTS) is 1. The summed E-state index contributed by atoms with van der Waals surface area (Å²) in [5, 5.41) is 22.7. The standard InChI is InChI=1S/C12H17N3O4S/c1-12(2,3)9-8(20-14-13-9)10(17)15-5-6(16)4-7(15)11(18)19/h6-7,16H,4-5H2,1-3H3,(H,18,19)/t6-,7-/m1/s1. The van der Waals surface area contributed by atoms with E-state index in [9.17, 15) is 14.7 Å². The van der Waals surface area contributed by atoms with Gasteiger partial charge in [-0.05, 0) is 11.5 Å². The molecule has 1 fully saturated rings. The molecule has 2 heterocycles. The van der Waals surface area contributed by atoms with Crippen LogP contribution < -0.4 is 0 Å². The van der Waals surface area contributed by atoms with Crippen molar-refractivity contribution in [2.75, 3.05) is 6.54 Å². The van der Waals surface area contributed by atoms with E-state index in [2.05, 4.69) is 9.59 Å². The molecule has 0 radical (unpaired) electrons. The van der Waals surface area contributed by atoms with Crippen LogP contribution in [-0.4, -0.2) is 55.3 Å². The molecule has 1 aromatic heterocycles. The average molecular weight is 299 g/mol. The van der Waals surface area contributed by atoms with Gasteiger partial charge in [0.2, 0.25) is 0 Å². The highest BCUT2D eigenvalue weighted by molar-refractivity contribution is 7.08. The summed E-state index contributed by atoms with van der Waals surface area (Å²) in [4.78, 5) is 25.2. The fourth-order valence-electron chi connectivity index (χ4n) is 2.22. The molecule has 7 nitrogen and oxygen atoms in total. The maximum Gasteiger partial charge on any atom is 0.326 e. The van der Waals surface area contributed by atoms with Crippen LogP contribution in [0.15, 0.2) is 0 Å². The van der Waals surface area contributed by atoms with E-state index in [1.807, 2.05) is 20.8 Å². The third-order valence-electron chi connectivity index (χ3n) is 3.22. The van der Waals surface area contributed by atoms with Gasteiger partial charge in [-0.15, -0.1) is 5.10 Å². The zero-order chi connectivity index (χ0) is 15.1. The van der Waals surface area contributed by atoms with Gasteiger partial charge >= 0.3 is 5.97 Å². The molecule has 20 heavy (non-hydrogen) atoms. The number of rotatable bonds is 2. The van der Waals surface area contributed by atoms with E-state index in [0.29, 0.717) is 10.6 Å². The number of carbonyl (C=O) groups is 2. The molecular formula is C12H17N3O4S. The van der Waals surface area contributed by atoms with E-state index >= 15 is 0 Å². The molecule has 0 aromatic carbocycles. The average Bonchev–Trinajstić information content (AvgIpc) is 2.92.